The Morgan fingerprint density at radius 3 is 3.00 bits per heavy atom. The summed E-state index contributed by atoms with van der Waals surface area (Å²) in [5.41, 5.74) is 0.494. The lowest BCUT2D eigenvalue weighted by molar-refractivity contribution is 0.117. The minimum Gasteiger partial charge on any atom is -0.377 e. The third-order valence-electron chi connectivity index (χ3n) is 3.38. The molecule has 2 atom stereocenters. The minimum atomic E-state index is -3.75. The lowest BCUT2D eigenvalue weighted by Crippen LogP contribution is -2.39. The predicted molar refractivity (Wildman–Crippen MR) is 74.3 cm³/mol. The van der Waals surface area contributed by atoms with Crippen LogP contribution in [0.3, 0.4) is 0 Å². The second-order valence-electron chi connectivity index (χ2n) is 4.73. The van der Waals surface area contributed by atoms with E-state index in [2.05, 4.69) is 9.71 Å². The van der Waals surface area contributed by atoms with Crippen molar-refractivity contribution >= 4 is 27.3 Å². The highest BCUT2D eigenvalue weighted by atomic mass is 35.5. The molecule has 1 fully saturated rings. The molecule has 0 aliphatic carbocycles. The fourth-order valence-electron chi connectivity index (χ4n) is 2.33. The maximum atomic E-state index is 12.5. The average molecular weight is 316 g/mol. The Bertz CT molecular complexity index is 743. The van der Waals surface area contributed by atoms with Crippen LogP contribution in [0.1, 0.15) is 13.3 Å². The minimum absolute atomic E-state index is 0.0322. The standard InChI is InChI=1S/C12H14ClN3O3S/c1-8-9(5-7-19-8)15-20(17,18)12-11(13)14-10-4-2-3-6-16(10)12/h2-4,6,8-9,15H,5,7H2,1H3. The van der Waals surface area contributed by atoms with E-state index in [0.29, 0.717) is 18.7 Å². The first-order chi connectivity index (χ1) is 9.49. The van der Waals surface area contributed by atoms with E-state index in [1.165, 1.54) is 4.40 Å². The molecule has 0 amide bonds. The quantitative estimate of drug-likeness (QED) is 0.930. The van der Waals surface area contributed by atoms with E-state index in [0.717, 1.165) is 0 Å². The number of hydrogen-bond donors (Lipinski definition) is 1. The number of nitrogens with zero attached hydrogens (tertiary/aromatic N) is 2. The Hall–Kier alpha value is -1.15. The van der Waals surface area contributed by atoms with Gasteiger partial charge in [0.25, 0.3) is 10.0 Å². The normalized spacial score (nSPS) is 23.5. The molecule has 6 nitrogen and oxygen atoms in total. The summed E-state index contributed by atoms with van der Waals surface area (Å²) >= 11 is 5.99. The molecule has 0 saturated carbocycles. The van der Waals surface area contributed by atoms with Gasteiger partial charge in [0.1, 0.15) is 5.65 Å². The maximum Gasteiger partial charge on any atom is 0.260 e. The molecule has 2 unspecified atom stereocenters. The van der Waals surface area contributed by atoms with Crippen LogP contribution in [-0.4, -0.2) is 36.6 Å². The summed E-state index contributed by atoms with van der Waals surface area (Å²) in [7, 11) is -3.75. The molecule has 8 heteroatoms. The fraction of sp³-hybridized carbons (Fsp3) is 0.417. The van der Waals surface area contributed by atoms with Crippen molar-refractivity contribution in [1.29, 1.82) is 0 Å². The van der Waals surface area contributed by atoms with E-state index in [9.17, 15) is 8.42 Å². The molecule has 2 aromatic rings. The van der Waals surface area contributed by atoms with E-state index < -0.39 is 10.0 Å². The number of imidazole rings is 1. The molecule has 20 heavy (non-hydrogen) atoms. The summed E-state index contributed by atoms with van der Waals surface area (Å²) < 4.78 is 34.5. The van der Waals surface area contributed by atoms with Crippen LogP contribution in [0, 0.1) is 0 Å². The van der Waals surface area contributed by atoms with Gasteiger partial charge in [0.2, 0.25) is 0 Å². The van der Waals surface area contributed by atoms with Gasteiger partial charge in [-0.15, -0.1) is 0 Å². The van der Waals surface area contributed by atoms with Crippen LogP contribution in [0.2, 0.25) is 5.15 Å². The van der Waals surface area contributed by atoms with Crippen LogP contribution in [0.4, 0.5) is 0 Å². The largest absolute Gasteiger partial charge is 0.377 e. The first-order valence-corrected chi connectivity index (χ1v) is 8.11. The van der Waals surface area contributed by atoms with Gasteiger partial charge in [0, 0.05) is 12.8 Å². The monoisotopic (exact) mass is 315 g/mol. The second-order valence-corrected chi connectivity index (χ2v) is 6.72. The number of sulfonamides is 1. The highest BCUT2D eigenvalue weighted by Crippen LogP contribution is 2.24. The van der Waals surface area contributed by atoms with Crippen molar-refractivity contribution in [3.8, 4) is 0 Å². The first kappa shape index (κ1) is 13.8. The number of hydrogen-bond acceptors (Lipinski definition) is 4. The molecule has 0 bridgehead atoms. The summed E-state index contributed by atoms with van der Waals surface area (Å²) in [5.74, 6) is 0. The summed E-state index contributed by atoms with van der Waals surface area (Å²) in [6.07, 6.45) is 2.12. The molecule has 3 rings (SSSR count). The lowest BCUT2D eigenvalue weighted by Gasteiger charge is -2.16. The zero-order valence-electron chi connectivity index (χ0n) is 10.8. The molecule has 108 valence electrons. The molecular weight excluding hydrogens is 302 g/mol. The summed E-state index contributed by atoms with van der Waals surface area (Å²) in [6, 6.07) is 4.96. The number of halogens is 1. The van der Waals surface area contributed by atoms with Gasteiger partial charge in [0.15, 0.2) is 10.2 Å². The Morgan fingerprint density at radius 2 is 2.30 bits per heavy atom. The third kappa shape index (κ3) is 2.31. The van der Waals surface area contributed by atoms with Gasteiger partial charge in [-0.3, -0.25) is 4.40 Å². The molecule has 0 spiro atoms. The number of ether oxygens (including phenoxy) is 1. The third-order valence-corrected chi connectivity index (χ3v) is 5.27. The number of fused-ring (bicyclic) bond motifs is 1. The van der Waals surface area contributed by atoms with E-state index in [4.69, 9.17) is 16.3 Å². The van der Waals surface area contributed by atoms with Gasteiger partial charge in [-0.05, 0) is 25.5 Å². The number of aromatic nitrogens is 2. The molecule has 3 heterocycles. The fourth-order valence-corrected chi connectivity index (χ4v) is 4.31. The van der Waals surface area contributed by atoms with E-state index >= 15 is 0 Å². The van der Waals surface area contributed by atoms with Crippen LogP contribution < -0.4 is 4.72 Å². The van der Waals surface area contributed by atoms with Crippen LogP contribution in [0.15, 0.2) is 29.4 Å². The summed E-state index contributed by atoms with van der Waals surface area (Å²) in [6.45, 7) is 2.39. The van der Waals surface area contributed by atoms with Gasteiger partial charge in [-0.2, -0.15) is 0 Å². The molecule has 1 N–H and O–H groups in total. The lowest BCUT2D eigenvalue weighted by atomic mass is 10.2. The second kappa shape index (κ2) is 5.00. The first-order valence-electron chi connectivity index (χ1n) is 6.25. The van der Waals surface area contributed by atoms with Gasteiger partial charge < -0.3 is 4.74 Å². The SMILES string of the molecule is CC1OCCC1NS(=O)(=O)c1c(Cl)nc2ccccn12. The van der Waals surface area contributed by atoms with Crippen LogP contribution in [0.5, 0.6) is 0 Å². The molecule has 1 aliphatic heterocycles. The number of rotatable bonds is 3. The highest BCUT2D eigenvalue weighted by Gasteiger charge is 2.32. The number of nitrogens with one attached hydrogen (secondary N) is 1. The smallest absolute Gasteiger partial charge is 0.260 e. The average Bonchev–Trinajstić information content (AvgIpc) is 2.92. The van der Waals surface area contributed by atoms with Crippen molar-refractivity contribution in [2.75, 3.05) is 6.61 Å². The molecule has 2 aromatic heterocycles. The van der Waals surface area contributed by atoms with Crippen LogP contribution in [-0.2, 0) is 14.8 Å². The maximum absolute atomic E-state index is 12.5. The van der Waals surface area contributed by atoms with E-state index in [1.54, 1.807) is 24.4 Å². The van der Waals surface area contributed by atoms with Gasteiger partial charge >= 0.3 is 0 Å². The molecule has 1 aliphatic rings. The van der Waals surface area contributed by atoms with E-state index in [1.807, 2.05) is 6.92 Å². The molecule has 0 radical (unpaired) electrons. The van der Waals surface area contributed by atoms with Crippen molar-refractivity contribution in [1.82, 2.24) is 14.1 Å². The molecule has 1 saturated heterocycles. The Balaban J connectivity index is 2.03. The zero-order valence-corrected chi connectivity index (χ0v) is 12.4. The Kier molecular flexibility index (Phi) is 3.45. The van der Waals surface area contributed by atoms with Crippen molar-refractivity contribution in [2.45, 2.75) is 30.5 Å². The van der Waals surface area contributed by atoms with Crippen LogP contribution >= 0.6 is 11.6 Å². The number of pyridine rings is 1. The molecular formula is C12H14ClN3O3S. The van der Waals surface area contributed by atoms with Crippen molar-refractivity contribution in [3.63, 3.8) is 0 Å². The topological polar surface area (TPSA) is 72.7 Å². The van der Waals surface area contributed by atoms with E-state index in [-0.39, 0.29) is 22.3 Å². The van der Waals surface area contributed by atoms with Crippen LogP contribution in [0.25, 0.3) is 5.65 Å². The Morgan fingerprint density at radius 1 is 1.50 bits per heavy atom. The summed E-state index contributed by atoms with van der Waals surface area (Å²) in [4.78, 5) is 4.05. The molecule has 0 aromatic carbocycles. The predicted octanol–water partition coefficient (Wildman–Crippen LogP) is 1.44. The van der Waals surface area contributed by atoms with Crippen molar-refractivity contribution in [3.05, 3.63) is 29.5 Å². The van der Waals surface area contributed by atoms with Gasteiger partial charge in [0.05, 0.1) is 12.1 Å². The van der Waals surface area contributed by atoms with Crippen molar-refractivity contribution in [2.24, 2.45) is 0 Å². The highest BCUT2D eigenvalue weighted by molar-refractivity contribution is 7.89. The van der Waals surface area contributed by atoms with Gasteiger partial charge in [-0.1, -0.05) is 17.7 Å². The van der Waals surface area contributed by atoms with Gasteiger partial charge in [-0.25, -0.2) is 18.1 Å². The summed E-state index contributed by atoms with van der Waals surface area (Å²) in [5, 5.41) is -0.0656. The Labute approximate surface area is 121 Å². The van der Waals surface area contributed by atoms with Crippen molar-refractivity contribution < 1.29 is 13.2 Å². The zero-order chi connectivity index (χ0) is 14.3.